The number of pyridine rings is 1. The van der Waals surface area contributed by atoms with Crippen molar-refractivity contribution in [3.05, 3.63) is 41.4 Å². The van der Waals surface area contributed by atoms with Crippen LogP contribution >= 0.6 is 0 Å². The molecule has 0 fully saturated rings. The van der Waals surface area contributed by atoms with Crippen molar-refractivity contribution in [3.63, 3.8) is 0 Å². The van der Waals surface area contributed by atoms with Crippen LogP contribution in [0.3, 0.4) is 0 Å². The lowest BCUT2D eigenvalue weighted by atomic mass is 10.1. The molecule has 0 saturated heterocycles. The number of halogens is 2. The van der Waals surface area contributed by atoms with Gasteiger partial charge in [-0.05, 0) is 23.9 Å². The van der Waals surface area contributed by atoms with Gasteiger partial charge in [-0.1, -0.05) is 0 Å². The molecule has 6 heteroatoms. The van der Waals surface area contributed by atoms with Crippen molar-refractivity contribution >= 4 is 12.6 Å². The Morgan fingerprint density at radius 2 is 2.25 bits per heavy atom. The van der Waals surface area contributed by atoms with Crippen LogP contribution in [0.1, 0.15) is 5.56 Å². The molecular weight excluding hydrogens is 216 g/mol. The molecule has 0 aliphatic carbocycles. The highest BCUT2D eigenvalue weighted by atomic mass is 19.1. The first-order valence-corrected chi connectivity index (χ1v) is 4.36. The molecule has 84 valence electrons. The highest BCUT2D eigenvalue weighted by Crippen LogP contribution is 2.10. The Balaban J connectivity index is 2.86. The number of nitrogens with two attached hydrogens (primary N) is 1. The summed E-state index contributed by atoms with van der Waals surface area (Å²) in [6.45, 7) is 0. The third kappa shape index (κ3) is 3.23. The van der Waals surface area contributed by atoms with Crippen molar-refractivity contribution in [2.45, 2.75) is 6.42 Å². The minimum absolute atomic E-state index is 0.0902. The second-order valence-electron chi connectivity index (χ2n) is 2.89. The predicted molar refractivity (Wildman–Crippen MR) is 54.7 cm³/mol. The molecule has 0 bridgehead atoms. The van der Waals surface area contributed by atoms with E-state index in [1.807, 2.05) is 0 Å². The number of carbonyl (C=O) groups excluding carboxylic acids is 1. The Morgan fingerprint density at radius 3 is 2.81 bits per heavy atom. The molecule has 1 aromatic heterocycles. The van der Waals surface area contributed by atoms with Crippen LogP contribution in [0.15, 0.2) is 28.9 Å². The zero-order valence-electron chi connectivity index (χ0n) is 8.23. The summed E-state index contributed by atoms with van der Waals surface area (Å²) in [5, 5.41) is 0. The lowest BCUT2D eigenvalue weighted by molar-refractivity contribution is -0.106. The van der Waals surface area contributed by atoms with E-state index in [-0.39, 0.29) is 12.0 Å². The van der Waals surface area contributed by atoms with E-state index in [1.165, 1.54) is 18.5 Å². The molecule has 0 aliphatic heterocycles. The number of allylic oxidation sites excluding steroid dienone is 1. The summed E-state index contributed by atoms with van der Waals surface area (Å²) in [5.74, 6) is -1.79. The van der Waals surface area contributed by atoms with E-state index in [2.05, 4.69) is 9.98 Å². The summed E-state index contributed by atoms with van der Waals surface area (Å²) < 4.78 is 25.6. The largest absolute Gasteiger partial charge is 0.404 e. The van der Waals surface area contributed by atoms with Crippen LogP contribution in [0.2, 0.25) is 0 Å². The fraction of sp³-hybridized carbons (Fsp3) is 0.100. The summed E-state index contributed by atoms with van der Waals surface area (Å²) in [5.41, 5.74) is 5.86. The summed E-state index contributed by atoms with van der Waals surface area (Å²) >= 11 is 0. The van der Waals surface area contributed by atoms with Gasteiger partial charge in [-0.25, -0.2) is 4.99 Å². The molecule has 0 aromatic carbocycles. The fourth-order valence-corrected chi connectivity index (χ4v) is 1.07. The van der Waals surface area contributed by atoms with E-state index in [0.717, 1.165) is 6.07 Å². The molecule has 1 amide bonds. The van der Waals surface area contributed by atoms with Gasteiger partial charge in [0.05, 0.1) is 0 Å². The van der Waals surface area contributed by atoms with Crippen LogP contribution in [0.25, 0.3) is 0 Å². The molecular formula is C10H9F2N3O. The van der Waals surface area contributed by atoms with Crippen LogP contribution in [0.4, 0.5) is 8.78 Å². The number of carbonyl (C=O) groups is 1. The third-order valence-electron chi connectivity index (χ3n) is 1.80. The van der Waals surface area contributed by atoms with E-state index in [4.69, 9.17) is 5.73 Å². The van der Waals surface area contributed by atoms with Crippen LogP contribution in [0.5, 0.6) is 0 Å². The Hall–Kier alpha value is -2.11. The lowest BCUT2D eigenvalue weighted by Crippen LogP contribution is -2.01. The van der Waals surface area contributed by atoms with Crippen LogP contribution in [-0.4, -0.2) is 17.6 Å². The summed E-state index contributed by atoms with van der Waals surface area (Å²) in [4.78, 5) is 16.3. The monoisotopic (exact) mass is 225 g/mol. The number of hydrogen-bond acceptors (Lipinski definition) is 3. The van der Waals surface area contributed by atoms with Crippen molar-refractivity contribution < 1.29 is 13.6 Å². The quantitative estimate of drug-likeness (QED) is 0.471. The van der Waals surface area contributed by atoms with E-state index in [0.29, 0.717) is 12.0 Å². The SMILES string of the molecule is N/C=C(\C=NC=O)Cc1ccc(F)nc1F. The van der Waals surface area contributed by atoms with Gasteiger partial charge in [-0.3, -0.25) is 4.79 Å². The number of amides is 1. The molecule has 0 radical (unpaired) electrons. The number of nitrogens with zero attached hydrogens (tertiary/aromatic N) is 2. The fourth-order valence-electron chi connectivity index (χ4n) is 1.07. The van der Waals surface area contributed by atoms with Gasteiger partial charge >= 0.3 is 0 Å². The zero-order valence-corrected chi connectivity index (χ0v) is 8.23. The summed E-state index contributed by atoms with van der Waals surface area (Å²) in [6.07, 6.45) is 2.82. The summed E-state index contributed by atoms with van der Waals surface area (Å²) in [7, 11) is 0. The van der Waals surface area contributed by atoms with Crippen LogP contribution in [0, 0.1) is 11.9 Å². The highest BCUT2D eigenvalue weighted by Gasteiger charge is 2.06. The number of rotatable bonds is 4. The van der Waals surface area contributed by atoms with E-state index in [9.17, 15) is 13.6 Å². The summed E-state index contributed by atoms with van der Waals surface area (Å²) in [6, 6.07) is 2.30. The zero-order chi connectivity index (χ0) is 12.0. The molecule has 1 rings (SSSR count). The average molecular weight is 225 g/mol. The van der Waals surface area contributed by atoms with Crippen molar-refractivity contribution in [1.29, 1.82) is 0 Å². The first kappa shape index (κ1) is 12.0. The van der Waals surface area contributed by atoms with Crippen LogP contribution in [-0.2, 0) is 11.2 Å². The number of hydrogen-bond donors (Lipinski definition) is 1. The van der Waals surface area contributed by atoms with Crippen molar-refractivity contribution in [2.24, 2.45) is 10.7 Å². The van der Waals surface area contributed by atoms with Crippen molar-refractivity contribution in [3.8, 4) is 0 Å². The van der Waals surface area contributed by atoms with Gasteiger partial charge in [0.25, 0.3) is 0 Å². The van der Waals surface area contributed by atoms with E-state index in [1.54, 1.807) is 0 Å². The Morgan fingerprint density at radius 1 is 1.50 bits per heavy atom. The van der Waals surface area contributed by atoms with E-state index >= 15 is 0 Å². The van der Waals surface area contributed by atoms with Crippen molar-refractivity contribution in [2.75, 3.05) is 0 Å². The topological polar surface area (TPSA) is 68.3 Å². The van der Waals surface area contributed by atoms with Gasteiger partial charge < -0.3 is 5.73 Å². The standard InChI is InChI=1S/C10H9F2N3O/c11-9-2-1-8(10(12)15-9)3-7(4-13)5-14-6-16/h1-2,4-6H,3,13H2/b7-4-,14-5?. The molecule has 0 atom stereocenters. The van der Waals surface area contributed by atoms with Gasteiger partial charge in [0.15, 0.2) is 0 Å². The van der Waals surface area contributed by atoms with Crippen molar-refractivity contribution in [1.82, 2.24) is 4.98 Å². The third-order valence-corrected chi connectivity index (χ3v) is 1.80. The van der Waals surface area contributed by atoms with Gasteiger partial charge in [0.2, 0.25) is 18.3 Å². The number of aliphatic imine (C=N–C) groups is 1. The molecule has 16 heavy (non-hydrogen) atoms. The second-order valence-corrected chi connectivity index (χ2v) is 2.89. The normalized spacial score (nSPS) is 12.0. The maximum Gasteiger partial charge on any atom is 0.232 e. The Bertz CT molecular complexity index is 444. The first-order chi connectivity index (χ1) is 7.67. The minimum Gasteiger partial charge on any atom is -0.404 e. The second kappa shape index (κ2) is 5.69. The Kier molecular flexibility index (Phi) is 4.26. The molecule has 0 aliphatic rings. The molecule has 1 aromatic rings. The molecule has 1 heterocycles. The number of aromatic nitrogens is 1. The highest BCUT2D eigenvalue weighted by molar-refractivity contribution is 5.84. The van der Waals surface area contributed by atoms with Crippen LogP contribution < -0.4 is 5.73 Å². The molecule has 2 N–H and O–H groups in total. The average Bonchev–Trinajstić information content (AvgIpc) is 2.27. The van der Waals surface area contributed by atoms with Gasteiger partial charge in [-0.15, -0.1) is 0 Å². The molecule has 0 unspecified atom stereocenters. The Labute approximate surface area is 90.5 Å². The lowest BCUT2D eigenvalue weighted by Gasteiger charge is -2.02. The molecule has 0 saturated carbocycles. The predicted octanol–water partition coefficient (Wildman–Crippen LogP) is 0.972. The van der Waals surface area contributed by atoms with Gasteiger partial charge in [0, 0.05) is 18.2 Å². The molecule has 4 nitrogen and oxygen atoms in total. The van der Waals surface area contributed by atoms with E-state index < -0.39 is 11.9 Å². The van der Waals surface area contributed by atoms with Gasteiger partial charge in [0.1, 0.15) is 0 Å². The first-order valence-electron chi connectivity index (χ1n) is 4.36. The van der Waals surface area contributed by atoms with Gasteiger partial charge in [-0.2, -0.15) is 13.8 Å². The maximum atomic E-state index is 13.1. The minimum atomic E-state index is -0.904. The smallest absolute Gasteiger partial charge is 0.232 e. The maximum absolute atomic E-state index is 13.1. The molecule has 0 spiro atoms.